The van der Waals surface area contributed by atoms with E-state index in [-0.39, 0.29) is 4.34 Å². The summed E-state index contributed by atoms with van der Waals surface area (Å²) in [6.07, 6.45) is 2.62. The van der Waals surface area contributed by atoms with E-state index in [0.717, 1.165) is 6.29 Å². The molecular formula is C5H7O2Os. The Morgan fingerprint density at radius 2 is 2.25 bits per heavy atom. The van der Waals surface area contributed by atoms with Crippen molar-refractivity contribution < 1.29 is 28.2 Å². The average molecular weight is 289 g/mol. The van der Waals surface area contributed by atoms with Gasteiger partial charge in [0, 0.05) is 0 Å². The monoisotopic (exact) mass is 291 g/mol. The number of carbonyl (C=O) groups is 2. The van der Waals surface area contributed by atoms with E-state index in [1.165, 1.54) is 18.6 Å². The molecule has 0 rings (SSSR count). The fraction of sp³-hybridized carbons (Fsp3) is 0.600. The Kier molecular flexibility index (Phi) is 5.10. The SMILES string of the molecule is O=CCCC[C](=O)[Os]. The van der Waals surface area contributed by atoms with Gasteiger partial charge in [0.25, 0.3) is 0 Å². The molecule has 0 amide bonds. The van der Waals surface area contributed by atoms with E-state index in [1.807, 2.05) is 0 Å². The van der Waals surface area contributed by atoms with Gasteiger partial charge >= 0.3 is 58.1 Å². The molecule has 0 aromatic heterocycles. The molecule has 0 atom stereocenters. The summed E-state index contributed by atoms with van der Waals surface area (Å²) in [6, 6.07) is 0. The van der Waals surface area contributed by atoms with Crippen LogP contribution in [-0.4, -0.2) is 10.6 Å². The first-order chi connectivity index (χ1) is 3.77. The normalized spacial score (nSPS) is 8.62. The van der Waals surface area contributed by atoms with Crippen LogP contribution in [0.15, 0.2) is 0 Å². The van der Waals surface area contributed by atoms with Gasteiger partial charge in [-0.15, -0.1) is 0 Å². The van der Waals surface area contributed by atoms with Gasteiger partial charge in [-0.05, 0) is 0 Å². The van der Waals surface area contributed by atoms with E-state index >= 15 is 0 Å². The zero-order valence-corrected chi connectivity index (χ0v) is 6.91. The van der Waals surface area contributed by atoms with Gasteiger partial charge in [-0.2, -0.15) is 0 Å². The van der Waals surface area contributed by atoms with Gasteiger partial charge in [-0.25, -0.2) is 0 Å². The van der Waals surface area contributed by atoms with E-state index in [9.17, 15) is 9.59 Å². The zero-order chi connectivity index (χ0) is 6.41. The maximum atomic E-state index is 10.2. The third-order valence-corrected chi connectivity index (χ3v) is 1.32. The molecule has 0 fully saturated rings. The third-order valence-electron chi connectivity index (χ3n) is 0.689. The van der Waals surface area contributed by atoms with Crippen molar-refractivity contribution in [3.8, 4) is 0 Å². The summed E-state index contributed by atoms with van der Waals surface area (Å²) in [4.78, 5) is 19.9. The van der Waals surface area contributed by atoms with Gasteiger partial charge in [0.05, 0.1) is 0 Å². The predicted octanol–water partition coefficient (Wildman–Crippen LogP) is 0.429. The molecule has 47 valence electrons. The number of rotatable bonds is 4. The Morgan fingerprint density at radius 1 is 1.62 bits per heavy atom. The van der Waals surface area contributed by atoms with Crippen LogP contribution in [0.25, 0.3) is 0 Å². The molecule has 0 aromatic rings. The van der Waals surface area contributed by atoms with Crippen LogP contribution in [0.4, 0.5) is 0 Å². The first-order valence-corrected chi connectivity index (χ1v) is 3.65. The molecule has 0 aromatic carbocycles. The first kappa shape index (κ1) is 7.98. The van der Waals surface area contributed by atoms with Crippen molar-refractivity contribution in [2.24, 2.45) is 0 Å². The summed E-state index contributed by atoms with van der Waals surface area (Å²) >= 11 is 1.35. The standard InChI is InChI=1S/C5H7O2.Os/c6-4-2-1-3-5-7;/h4H,1-3H2;. The van der Waals surface area contributed by atoms with Gasteiger partial charge < -0.3 is 0 Å². The molecular weight excluding hydrogens is 282 g/mol. The number of hydrogen-bond acceptors (Lipinski definition) is 2. The van der Waals surface area contributed by atoms with E-state index in [4.69, 9.17) is 0 Å². The molecule has 0 N–H and O–H groups in total. The molecule has 0 unspecified atom stereocenters. The Bertz CT molecular complexity index is 90.4. The van der Waals surface area contributed by atoms with Crippen LogP contribution in [0, 0.1) is 0 Å². The van der Waals surface area contributed by atoms with Gasteiger partial charge in [0.1, 0.15) is 0 Å². The van der Waals surface area contributed by atoms with Gasteiger partial charge in [0.15, 0.2) is 0 Å². The summed E-state index contributed by atoms with van der Waals surface area (Å²) in [6.45, 7) is 0. The molecule has 0 heterocycles. The molecule has 0 spiro atoms. The van der Waals surface area contributed by atoms with Gasteiger partial charge in [-0.1, -0.05) is 0 Å². The van der Waals surface area contributed by atoms with Crippen molar-refractivity contribution in [1.29, 1.82) is 0 Å². The Hall–Kier alpha value is -0.0236. The van der Waals surface area contributed by atoms with Crippen LogP contribution >= 0.6 is 0 Å². The molecule has 0 bridgehead atoms. The third kappa shape index (κ3) is 5.98. The van der Waals surface area contributed by atoms with Crippen LogP contribution in [0.3, 0.4) is 0 Å². The van der Waals surface area contributed by atoms with Gasteiger partial charge in [0.2, 0.25) is 0 Å². The summed E-state index contributed by atoms with van der Waals surface area (Å²) in [5.74, 6) is 0. The quantitative estimate of drug-likeness (QED) is 0.555. The topological polar surface area (TPSA) is 34.1 Å². The van der Waals surface area contributed by atoms with Crippen molar-refractivity contribution in [2.75, 3.05) is 0 Å². The fourth-order valence-electron chi connectivity index (χ4n) is 0.320. The molecule has 0 radical (unpaired) electrons. The minimum atomic E-state index is 0.187. The van der Waals surface area contributed by atoms with Gasteiger partial charge in [-0.3, -0.25) is 0 Å². The number of hydrogen-bond donors (Lipinski definition) is 0. The minimum absolute atomic E-state index is 0.187. The Labute approximate surface area is 58.6 Å². The molecule has 8 heavy (non-hydrogen) atoms. The molecule has 0 aliphatic heterocycles. The second kappa shape index (κ2) is 5.12. The number of unbranched alkanes of at least 4 members (excludes halogenated alkanes) is 1. The second-order valence-corrected chi connectivity index (χ2v) is 2.82. The van der Waals surface area contributed by atoms with E-state index in [2.05, 4.69) is 0 Å². The Morgan fingerprint density at radius 3 is 2.62 bits per heavy atom. The molecule has 0 aliphatic carbocycles. The van der Waals surface area contributed by atoms with Crippen LogP contribution < -0.4 is 0 Å². The van der Waals surface area contributed by atoms with Crippen LogP contribution in [-0.2, 0) is 28.2 Å². The van der Waals surface area contributed by atoms with E-state index in [1.54, 1.807) is 0 Å². The summed E-state index contributed by atoms with van der Waals surface area (Å²) in [5, 5.41) is 0. The predicted molar refractivity (Wildman–Crippen MR) is 24.9 cm³/mol. The zero-order valence-electron chi connectivity index (χ0n) is 4.37. The molecule has 0 saturated heterocycles. The van der Waals surface area contributed by atoms with Crippen LogP contribution in [0.5, 0.6) is 0 Å². The Balaban J connectivity index is 2.93. The first-order valence-electron chi connectivity index (χ1n) is 2.38. The van der Waals surface area contributed by atoms with Crippen LogP contribution in [0.1, 0.15) is 19.3 Å². The van der Waals surface area contributed by atoms with E-state index < -0.39 is 0 Å². The summed E-state index contributed by atoms with van der Waals surface area (Å²) in [7, 11) is 0. The summed E-state index contributed by atoms with van der Waals surface area (Å²) < 4.78 is 0.187. The van der Waals surface area contributed by atoms with Crippen molar-refractivity contribution in [3.63, 3.8) is 0 Å². The molecule has 2 nitrogen and oxygen atoms in total. The molecule has 0 saturated carbocycles. The summed E-state index contributed by atoms with van der Waals surface area (Å²) in [5.41, 5.74) is 0. The van der Waals surface area contributed by atoms with Crippen molar-refractivity contribution >= 4 is 10.6 Å². The van der Waals surface area contributed by atoms with Crippen LogP contribution in [0.2, 0.25) is 0 Å². The molecule has 3 heteroatoms. The van der Waals surface area contributed by atoms with E-state index in [0.29, 0.717) is 19.3 Å². The number of aldehydes is 1. The number of carbonyl (C=O) groups excluding carboxylic acids is 2. The van der Waals surface area contributed by atoms with Crippen molar-refractivity contribution in [3.05, 3.63) is 0 Å². The second-order valence-electron chi connectivity index (χ2n) is 1.40. The van der Waals surface area contributed by atoms with Crippen molar-refractivity contribution in [2.45, 2.75) is 19.3 Å². The maximum absolute atomic E-state index is 10.2. The van der Waals surface area contributed by atoms with Crippen molar-refractivity contribution in [1.82, 2.24) is 0 Å². The average Bonchev–Trinajstić information content (AvgIpc) is 1.66. The fourth-order valence-corrected chi connectivity index (χ4v) is 0.769. The molecule has 0 aliphatic rings.